The van der Waals surface area contributed by atoms with Crippen molar-refractivity contribution in [3.63, 3.8) is 0 Å². The van der Waals surface area contributed by atoms with E-state index in [9.17, 15) is 4.79 Å². The molecule has 0 atom stereocenters. The maximum atomic E-state index is 12.6. The van der Waals surface area contributed by atoms with Crippen molar-refractivity contribution in [1.29, 1.82) is 0 Å². The Hall–Kier alpha value is -1.81. The number of nitrogens with one attached hydrogen (secondary N) is 1. The van der Waals surface area contributed by atoms with Gasteiger partial charge in [0.05, 0.1) is 6.61 Å². The zero-order valence-electron chi connectivity index (χ0n) is 17.9. The highest BCUT2D eigenvalue weighted by molar-refractivity contribution is 14.0. The van der Waals surface area contributed by atoms with Crippen LogP contribution in [0.1, 0.15) is 29.3 Å². The molecule has 164 valence electrons. The van der Waals surface area contributed by atoms with E-state index < -0.39 is 0 Å². The lowest BCUT2D eigenvalue weighted by atomic mass is 10.1. The summed E-state index contributed by atoms with van der Waals surface area (Å²) in [4.78, 5) is 22.4. The highest BCUT2D eigenvalue weighted by atomic mass is 127. The molecule has 2 heterocycles. The van der Waals surface area contributed by atoms with Crippen LogP contribution >= 0.6 is 35.3 Å². The van der Waals surface area contributed by atoms with Gasteiger partial charge < -0.3 is 19.9 Å². The van der Waals surface area contributed by atoms with Gasteiger partial charge in [-0.25, -0.2) is 0 Å². The molecule has 0 saturated heterocycles. The summed E-state index contributed by atoms with van der Waals surface area (Å²) in [5, 5.41) is 5.43. The van der Waals surface area contributed by atoms with E-state index in [0.717, 1.165) is 37.8 Å². The first-order valence-electron chi connectivity index (χ1n) is 10.1. The number of rotatable bonds is 7. The smallest absolute Gasteiger partial charge is 0.224 e. The van der Waals surface area contributed by atoms with Gasteiger partial charge in [-0.3, -0.25) is 9.79 Å². The van der Waals surface area contributed by atoms with Gasteiger partial charge in [-0.2, -0.15) is 0 Å². The molecule has 0 fully saturated rings. The van der Waals surface area contributed by atoms with E-state index in [1.54, 1.807) is 18.4 Å². The molecule has 1 aromatic heterocycles. The molecule has 1 aliphatic heterocycles. The second kappa shape index (κ2) is 12.1. The standard InChI is InChI=1S/C22H30N4O2S.HI/c1-4-28-19-7-5-17(6-8-19)15-25(3)22(23-2)24-12-9-21(27)26-13-10-20-18(16-26)11-14-29-20;/h5-8,11,14H,4,9-10,12-13,15-16H2,1-3H3,(H,23,24);1H. The Bertz CT molecular complexity index is 838. The van der Waals surface area contributed by atoms with Gasteiger partial charge in [-0.15, -0.1) is 35.3 Å². The molecular formula is C22H31IN4O2S. The molecule has 1 aliphatic rings. The summed E-state index contributed by atoms with van der Waals surface area (Å²) in [5.74, 6) is 1.86. The molecule has 8 heteroatoms. The van der Waals surface area contributed by atoms with Crippen LogP contribution in [0, 0.1) is 0 Å². The summed E-state index contributed by atoms with van der Waals surface area (Å²) in [6.45, 7) is 5.51. The number of thiophene rings is 1. The average Bonchev–Trinajstić information content (AvgIpc) is 3.20. The SMILES string of the molecule is CCOc1ccc(CN(C)C(=NC)NCCC(=O)N2CCc3sccc3C2)cc1.I. The van der Waals surface area contributed by atoms with Crippen molar-refractivity contribution in [3.8, 4) is 5.75 Å². The Balaban J connectivity index is 0.00000320. The minimum absolute atomic E-state index is 0. The highest BCUT2D eigenvalue weighted by Gasteiger charge is 2.21. The van der Waals surface area contributed by atoms with Gasteiger partial charge in [0.25, 0.3) is 0 Å². The third-order valence-electron chi connectivity index (χ3n) is 5.01. The van der Waals surface area contributed by atoms with Gasteiger partial charge in [0, 0.05) is 51.6 Å². The predicted octanol–water partition coefficient (Wildman–Crippen LogP) is 3.75. The number of halogens is 1. The molecule has 1 aromatic carbocycles. The van der Waals surface area contributed by atoms with Gasteiger partial charge in [-0.1, -0.05) is 12.1 Å². The number of guanidine groups is 1. The third kappa shape index (κ3) is 6.60. The van der Waals surface area contributed by atoms with E-state index in [4.69, 9.17) is 4.74 Å². The molecule has 0 saturated carbocycles. The highest BCUT2D eigenvalue weighted by Crippen LogP contribution is 2.24. The van der Waals surface area contributed by atoms with Gasteiger partial charge >= 0.3 is 0 Å². The number of ether oxygens (including phenoxy) is 1. The van der Waals surface area contributed by atoms with Crippen molar-refractivity contribution in [1.82, 2.24) is 15.1 Å². The minimum Gasteiger partial charge on any atom is -0.494 e. The Kier molecular flexibility index (Phi) is 9.90. The number of amides is 1. The average molecular weight is 542 g/mol. The zero-order valence-corrected chi connectivity index (χ0v) is 21.0. The van der Waals surface area contributed by atoms with Crippen molar-refractivity contribution >= 4 is 47.2 Å². The molecule has 1 amide bonds. The van der Waals surface area contributed by atoms with Crippen molar-refractivity contribution in [2.45, 2.75) is 32.9 Å². The Morgan fingerprint density at radius 1 is 1.30 bits per heavy atom. The maximum Gasteiger partial charge on any atom is 0.224 e. The zero-order chi connectivity index (χ0) is 20.6. The fourth-order valence-corrected chi connectivity index (χ4v) is 4.38. The van der Waals surface area contributed by atoms with Crippen molar-refractivity contribution in [2.75, 3.05) is 33.8 Å². The van der Waals surface area contributed by atoms with E-state index in [1.165, 1.54) is 16.0 Å². The Morgan fingerprint density at radius 3 is 2.77 bits per heavy atom. The molecule has 0 aliphatic carbocycles. The molecule has 0 radical (unpaired) electrons. The number of hydrogen-bond donors (Lipinski definition) is 1. The fourth-order valence-electron chi connectivity index (χ4n) is 3.49. The number of nitrogens with zero attached hydrogens (tertiary/aromatic N) is 3. The summed E-state index contributed by atoms with van der Waals surface area (Å²) >= 11 is 1.79. The quantitative estimate of drug-likeness (QED) is 0.329. The second-order valence-electron chi connectivity index (χ2n) is 7.09. The minimum atomic E-state index is 0. The van der Waals surface area contributed by atoms with Crippen LogP contribution < -0.4 is 10.1 Å². The summed E-state index contributed by atoms with van der Waals surface area (Å²) in [7, 11) is 3.76. The van der Waals surface area contributed by atoms with Crippen LogP contribution in [0.4, 0.5) is 0 Å². The third-order valence-corrected chi connectivity index (χ3v) is 6.03. The number of benzene rings is 1. The summed E-state index contributed by atoms with van der Waals surface area (Å²) in [6.07, 6.45) is 1.44. The summed E-state index contributed by atoms with van der Waals surface area (Å²) in [5.41, 5.74) is 2.48. The molecule has 30 heavy (non-hydrogen) atoms. The van der Waals surface area contributed by atoms with Crippen LogP contribution in [0.2, 0.25) is 0 Å². The van der Waals surface area contributed by atoms with Crippen LogP contribution in [0.15, 0.2) is 40.7 Å². The maximum absolute atomic E-state index is 12.6. The number of fused-ring (bicyclic) bond motifs is 1. The van der Waals surface area contributed by atoms with Crippen molar-refractivity contribution < 1.29 is 9.53 Å². The number of carbonyl (C=O) groups is 1. The first-order valence-corrected chi connectivity index (χ1v) is 10.9. The first kappa shape index (κ1) is 24.5. The van der Waals surface area contributed by atoms with Crippen molar-refractivity contribution in [2.24, 2.45) is 4.99 Å². The number of hydrogen-bond acceptors (Lipinski definition) is 4. The lowest BCUT2D eigenvalue weighted by Crippen LogP contribution is -2.41. The van der Waals surface area contributed by atoms with Crippen LogP contribution in [0.3, 0.4) is 0 Å². The predicted molar refractivity (Wildman–Crippen MR) is 134 cm³/mol. The van der Waals surface area contributed by atoms with Crippen LogP contribution in [-0.4, -0.2) is 55.5 Å². The molecule has 0 unspecified atom stereocenters. The van der Waals surface area contributed by atoms with E-state index >= 15 is 0 Å². The lowest BCUT2D eigenvalue weighted by Gasteiger charge is -2.27. The second-order valence-corrected chi connectivity index (χ2v) is 8.09. The first-order chi connectivity index (χ1) is 14.1. The Labute approximate surface area is 200 Å². The molecule has 2 aromatic rings. The molecule has 6 nitrogen and oxygen atoms in total. The Morgan fingerprint density at radius 2 is 2.07 bits per heavy atom. The number of aliphatic imine (C=N–C) groups is 1. The topological polar surface area (TPSA) is 57.2 Å². The van der Waals surface area contributed by atoms with E-state index in [0.29, 0.717) is 19.6 Å². The molecule has 0 spiro atoms. The lowest BCUT2D eigenvalue weighted by molar-refractivity contribution is -0.131. The summed E-state index contributed by atoms with van der Waals surface area (Å²) in [6, 6.07) is 10.2. The van der Waals surface area contributed by atoms with Gasteiger partial charge in [0.2, 0.25) is 5.91 Å². The molecular weight excluding hydrogens is 511 g/mol. The van der Waals surface area contributed by atoms with E-state index in [1.807, 2.05) is 31.0 Å². The van der Waals surface area contributed by atoms with Crippen LogP contribution in [0.25, 0.3) is 0 Å². The van der Waals surface area contributed by atoms with Crippen LogP contribution in [-0.2, 0) is 24.3 Å². The van der Waals surface area contributed by atoms with Crippen LogP contribution in [0.5, 0.6) is 5.75 Å². The van der Waals surface area contributed by atoms with Gasteiger partial charge in [-0.05, 0) is 48.1 Å². The largest absolute Gasteiger partial charge is 0.494 e. The molecule has 0 bridgehead atoms. The van der Waals surface area contributed by atoms with Gasteiger partial charge in [0.15, 0.2) is 5.96 Å². The summed E-state index contributed by atoms with van der Waals surface area (Å²) < 4.78 is 5.49. The van der Waals surface area contributed by atoms with Crippen molar-refractivity contribution in [3.05, 3.63) is 51.7 Å². The van der Waals surface area contributed by atoms with E-state index in [-0.39, 0.29) is 29.9 Å². The monoisotopic (exact) mass is 542 g/mol. The fraction of sp³-hybridized carbons (Fsp3) is 0.455. The molecule has 3 rings (SSSR count). The van der Waals surface area contributed by atoms with Gasteiger partial charge in [0.1, 0.15) is 5.75 Å². The number of carbonyl (C=O) groups excluding carboxylic acids is 1. The normalized spacial score (nSPS) is 13.3. The van der Waals surface area contributed by atoms with E-state index in [2.05, 4.69) is 38.8 Å². The molecule has 1 N–H and O–H groups in total.